The average molecular weight is 233 g/mol. The molecule has 1 aromatic rings. The molecule has 0 bridgehead atoms. The van der Waals surface area contributed by atoms with Crippen molar-refractivity contribution in [2.75, 3.05) is 25.1 Å². The van der Waals surface area contributed by atoms with Crippen molar-refractivity contribution in [3.8, 4) is 0 Å². The molecule has 1 unspecified atom stereocenters. The van der Waals surface area contributed by atoms with Gasteiger partial charge in [0.05, 0.1) is 6.61 Å². The molecular weight excluding hydrogens is 214 g/mol. The third-order valence-electron chi connectivity index (χ3n) is 3.44. The van der Waals surface area contributed by atoms with Crippen LogP contribution in [0.25, 0.3) is 0 Å². The fourth-order valence-corrected chi connectivity index (χ4v) is 2.23. The minimum Gasteiger partial charge on any atom is -0.381 e. The predicted octanol–water partition coefficient (Wildman–Crippen LogP) is 2.19. The molecule has 4 heteroatoms. The Kier molecular flexibility index (Phi) is 3.22. The highest BCUT2D eigenvalue weighted by Gasteiger charge is 2.26. The number of nitrogens with one attached hydrogen (secondary N) is 1. The maximum Gasteiger partial charge on any atom is 0.133 e. The van der Waals surface area contributed by atoms with Gasteiger partial charge >= 0.3 is 0 Å². The monoisotopic (exact) mass is 233 g/mol. The minimum absolute atomic E-state index is 0.620. The molecule has 1 saturated heterocycles. The van der Waals surface area contributed by atoms with E-state index in [9.17, 15) is 0 Å². The summed E-state index contributed by atoms with van der Waals surface area (Å²) in [6.07, 6.45) is 6.80. The van der Waals surface area contributed by atoms with Crippen LogP contribution in [0, 0.1) is 5.92 Å². The summed E-state index contributed by atoms with van der Waals surface area (Å²) in [7, 11) is 0. The number of nitrogens with zero attached hydrogens (tertiary/aromatic N) is 2. The van der Waals surface area contributed by atoms with Crippen molar-refractivity contribution in [3.63, 3.8) is 0 Å². The third-order valence-corrected chi connectivity index (χ3v) is 3.44. The van der Waals surface area contributed by atoms with Crippen molar-refractivity contribution in [1.82, 2.24) is 9.97 Å². The van der Waals surface area contributed by atoms with Gasteiger partial charge in [-0.15, -0.1) is 0 Å². The molecule has 1 aliphatic carbocycles. The lowest BCUT2D eigenvalue weighted by molar-refractivity contribution is 0.0595. The van der Waals surface area contributed by atoms with Gasteiger partial charge in [0.1, 0.15) is 11.6 Å². The first-order valence-corrected chi connectivity index (χ1v) is 6.56. The highest BCUT2D eigenvalue weighted by molar-refractivity contribution is 5.33. The van der Waals surface area contributed by atoms with E-state index in [-0.39, 0.29) is 0 Å². The van der Waals surface area contributed by atoms with Crippen molar-refractivity contribution >= 4 is 5.82 Å². The molecule has 0 radical (unpaired) electrons. The molecule has 1 aliphatic heterocycles. The Hall–Kier alpha value is -1.16. The lowest BCUT2D eigenvalue weighted by Crippen LogP contribution is -2.24. The largest absolute Gasteiger partial charge is 0.381 e. The Bertz CT molecular complexity index is 373. The smallest absolute Gasteiger partial charge is 0.133 e. The molecule has 1 aromatic heterocycles. The molecule has 0 aromatic carbocycles. The van der Waals surface area contributed by atoms with E-state index in [4.69, 9.17) is 4.74 Å². The van der Waals surface area contributed by atoms with Crippen LogP contribution < -0.4 is 5.32 Å². The molecule has 0 amide bonds. The van der Waals surface area contributed by atoms with Gasteiger partial charge in [-0.1, -0.05) is 0 Å². The number of ether oxygens (including phenoxy) is 1. The molecule has 4 nitrogen and oxygen atoms in total. The fourth-order valence-electron chi connectivity index (χ4n) is 2.23. The van der Waals surface area contributed by atoms with E-state index in [2.05, 4.69) is 15.3 Å². The second-order valence-corrected chi connectivity index (χ2v) is 5.04. The summed E-state index contributed by atoms with van der Waals surface area (Å²) in [6.45, 7) is 2.77. The number of hydrogen-bond acceptors (Lipinski definition) is 4. The minimum atomic E-state index is 0.620. The molecule has 2 heterocycles. The van der Waals surface area contributed by atoms with Crippen LogP contribution >= 0.6 is 0 Å². The zero-order chi connectivity index (χ0) is 11.5. The maximum atomic E-state index is 5.47. The van der Waals surface area contributed by atoms with Crippen LogP contribution in [0.1, 0.15) is 37.4 Å². The second-order valence-electron chi connectivity index (χ2n) is 5.04. The number of aromatic nitrogens is 2. The molecule has 2 fully saturated rings. The van der Waals surface area contributed by atoms with Crippen molar-refractivity contribution in [1.29, 1.82) is 0 Å². The second kappa shape index (κ2) is 5.00. The van der Waals surface area contributed by atoms with E-state index in [1.165, 1.54) is 25.7 Å². The molecule has 1 saturated carbocycles. The van der Waals surface area contributed by atoms with Crippen LogP contribution in [-0.4, -0.2) is 29.7 Å². The van der Waals surface area contributed by atoms with Crippen molar-refractivity contribution in [3.05, 3.63) is 18.1 Å². The Balaban J connectivity index is 1.54. The Morgan fingerprint density at radius 1 is 1.35 bits per heavy atom. The number of hydrogen-bond donors (Lipinski definition) is 1. The maximum absolute atomic E-state index is 5.47. The first-order valence-electron chi connectivity index (χ1n) is 6.56. The van der Waals surface area contributed by atoms with E-state index in [1.54, 1.807) is 0 Å². The van der Waals surface area contributed by atoms with Gasteiger partial charge in [0.2, 0.25) is 0 Å². The summed E-state index contributed by atoms with van der Waals surface area (Å²) in [5.74, 6) is 3.22. The van der Waals surface area contributed by atoms with Crippen LogP contribution in [-0.2, 0) is 4.74 Å². The van der Waals surface area contributed by atoms with Crippen LogP contribution in [0.4, 0.5) is 5.82 Å². The van der Waals surface area contributed by atoms with Crippen LogP contribution in [0.5, 0.6) is 0 Å². The molecular formula is C13H19N3O. The van der Waals surface area contributed by atoms with Gasteiger partial charge < -0.3 is 10.1 Å². The van der Waals surface area contributed by atoms with Crippen LogP contribution in [0.2, 0.25) is 0 Å². The van der Waals surface area contributed by atoms with Gasteiger partial charge in [0.15, 0.2) is 0 Å². The highest BCUT2D eigenvalue weighted by atomic mass is 16.5. The zero-order valence-electron chi connectivity index (χ0n) is 10.1. The van der Waals surface area contributed by atoms with Gasteiger partial charge in [-0.25, -0.2) is 9.97 Å². The fraction of sp³-hybridized carbons (Fsp3) is 0.692. The van der Waals surface area contributed by atoms with Gasteiger partial charge in [-0.2, -0.15) is 0 Å². The summed E-state index contributed by atoms with van der Waals surface area (Å²) in [6, 6.07) is 1.95. The molecule has 92 valence electrons. The van der Waals surface area contributed by atoms with E-state index in [0.29, 0.717) is 11.8 Å². The Morgan fingerprint density at radius 3 is 3.06 bits per heavy atom. The summed E-state index contributed by atoms with van der Waals surface area (Å²) in [5.41, 5.74) is 0. The Labute approximate surface area is 102 Å². The van der Waals surface area contributed by atoms with Crippen molar-refractivity contribution in [2.45, 2.75) is 31.6 Å². The first kappa shape index (κ1) is 11.0. The molecule has 17 heavy (non-hydrogen) atoms. The van der Waals surface area contributed by atoms with Crippen LogP contribution in [0.15, 0.2) is 12.3 Å². The van der Waals surface area contributed by atoms with Crippen molar-refractivity contribution < 1.29 is 4.74 Å². The quantitative estimate of drug-likeness (QED) is 0.866. The van der Waals surface area contributed by atoms with E-state index in [0.717, 1.165) is 31.4 Å². The number of anilines is 1. The summed E-state index contributed by atoms with van der Waals surface area (Å²) >= 11 is 0. The van der Waals surface area contributed by atoms with Gasteiger partial charge in [-0.05, 0) is 37.7 Å². The van der Waals surface area contributed by atoms with E-state index < -0.39 is 0 Å². The highest BCUT2D eigenvalue weighted by Crippen LogP contribution is 2.38. The molecule has 0 spiro atoms. The van der Waals surface area contributed by atoms with Gasteiger partial charge in [-0.3, -0.25) is 0 Å². The zero-order valence-corrected chi connectivity index (χ0v) is 10.1. The topological polar surface area (TPSA) is 47.0 Å². The molecule has 3 rings (SSSR count). The van der Waals surface area contributed by atoms with Crippen LogP contribution in [0.3, 0.4) is 0 Å². The summed E-state index contributed by atoms with van der Waals surface area (Å²) in [4.78, 5) is 8.88. The van der Waals surface area contributed by atoms with Gasteiger partial charge in [0.25, 0.3) is 0 Å². The average Bonchev–Trinajstić information content (AvgIpc) is 3.22. The van der Waals surface area contributed by atoms with E-state index in [1.807, 2.05) is 12.3 Å². The summed E-state index contributed by atoms with van der Waals surface area (Å²) < 4.78 is 5.47. The lowest BCUT2D eigenvalue weighted by Gasteiger charge is -2.22. The molecule has 1 N–H and O–H groups in total. The third kappa shape index (κ3) is 2.94. The molecule has 2 aliphatic rings. The normalized spacial score (nSPS) is 24.6. The SMILES string of the molecule is c1cc(NCC2CCCOC2)nc(C2CC2)n1. The Morgan fingerprint density at radius 2 is 2.29 bits per heavy atom. The first-order chi connectivity index (χ1) is 8.42. The summed E-state index contributed by atoms with van der Waals surface area (Å²) in [5, 5.41) is 3.41. The number of rotatable bonds is 4. The van der Waals surface area contributed by atoms with Gasteiger partial charge in [0, 0.05) is 25.3 Å². The van der Waals surface area contributed by atoms with Crippen molar-refractivity contribution in [2.24, 2.45) is 5.92 Å². The standard InChI is InChI=1S/C13H19N3O/c1-2-10(9-17-7-1)8-15-12-5-6-14-13(16-12)11-3-4-11/h5-6,10-11H,1-4,7-9H2,(H,14,15,16). The predicted molar refractivity (Wildman–Crippen MR) is 66.0 cm³/mol. The lowest BCUT2D eigenvalue weighted by atomic mass is 10.0. The van der Waals surface area contributed by atoms with E-state index >= 15 is 0 Å². The molecule has 1 atom stereocenters.